The number of hydrogen-bond acceptors (Lipinski definition) is 4. The second-order valence-corrected chi connectivity index (χ2v) is 7.47. The number of hydrogen-bond donors (Lipinski definition) is 2. The zero-order chi connectivity index (χ0) is 22.0. The largest absolute Gasteiger partial charge is 0.418 e. The summed E-state index contributed by atoms with van der Waals surface area (Å²) >= 11 is 5.91. The molecule has 1 unspecified atom stereocenters. The summed E-state index contributed by atoms with van der Waals surface area (Å²) in [6.07, 6.45) is -3.41. The number of carbonyl (C=O) groups excluding carboxylic acids is 2. The molecule has 0 saturated carbocycles. The smallest absolute Gasteiger partial charge is 0.350 e. The molecule has 31 heavy (non-hydrogen) atoms. The predicted molar refractivity (Wildman–Crippen MR) is 108 cm³/mol. The van der Waals surface area contributed by atoms with Crippen molar-refractivity contribution in [2.45, 2.75) is 11.8 Å². The van der Waals surface area contributed by atoms with Gasteiger partial charge in [-0.2, -0.15) is 13.2 Å². The van der Waals surface area contributed by atoms with Crippen molar-refractivity contribution in [3.63, 3.8) is 0 Å². The van der Waals surface area contributed by atoms with Crippen LogP contribution < -0.4 is 15.5 Å². The van der Waals surface area contributed by atoms with Crippen molar-refractivity contribution in [2.24, 2.45) is 0 Å². The SMILES string of the molecule is O=C1c2ccccc2NC2(C(=O)Nc3c(C(F)(F)F)cccc32)N1c1ccc(Cl)cn1. The molecule has 0 bridgehead atoms. The van der Waals surface area contributed by atoms with Crippen LogP contribution >= 0.6 is 11.6 Å². The molecule has 0 fully saturated rings. The summed E-state index contributed by atoms with van der Waals surface area (Å²) in [4.78, 5) is 32.0. The van der Waals surface area contributed by atoms with Crippen molar-refractivity contribution in [3.8, 4) is 0 Å². The van der Waals surface area contributed by atoms with E-state index < -0.39 is 34.9 Å². The highest BCUT2D eigenvalue weighted by Gasteiger charge is 2.59. The van der Waals surface area contributed by atoms with E-state index in [1.54, 1.807) is 24.3 Å². The highest BCUT2D eigenvalue weighted by molar-refractivity contribution is 6.30. The lowest BCUT2D eigenvalue weighted by Crippen LogP contribution is -2.62. The van der Waals surface area contributed by atoms with Gasteiger partial charge in [0.1, 0.15) is 5.82 Å². The standard InChI is InChI=1S/C21H12ClF3N4O2/c22-11-8-9-16(26-10-11)29-18(30)12-4-1-2-7-15(12)28-20(29)13-5-3-6-14(21(23,24)25)17(13)27-19(20)31/h1-10,28H,(H,27,31). The van der Waals surface area contributed by atoms with Crippen molar-refractivity contribution < 1.29 is 22.8 Å². The van der Waals surface area contributed by atoms with Gasteiger partial charge in [0.2, 0.25) is 5.66 Å². The summed E-state index contributed by atoms with van der Waals surface area (Å²) in [6.45, 7) is 0. The highest BCUT2D eigenvalue weighted by Crippen LogP contribution is 2.50. The first-order valence-corrected chi connectivity index (χ1v) is 9.47. The second kappa shape index (κ2) is 6.45. The molecule has 0 radical (unpaired) electrons. The Labute approximate surface area is 178 Å². The summed E-state index contributed by atoms with van der Waals surface area (Å²) < 4.78 is 40.9. The quantitative estimate of drug-likeness (QED) is 0.574. The molecule has 3 heterocycles. The zero-order valence-corrected chi connectivity index (χ0v) is 16.3. The van der Waals surface area contributed by atoms with Gasteiger partial charge >= 0.3 is 6.18 Å². The van der Waals surface area contributed by atoms with Crippen LogP contribution in [0.1, 0.15) is 21.5 Å². The summed E-state index contributed by atoms with van der Waals surface area (Å²) in [5.41, 5.74) is -2.85. The molecule has 10 heteroatoms. The lowest BCUT2D eigenvalue weighted by molar-refractivity contribution is -0.136. The first-order chi connectivity index (χ1) is 14.7. The minimum absolute atomic E-state index is 0.0353. The number of pyridine rings is 1. The van der Waals surface area contributed by atoms with E-state index in [1.165, 1.54) is 30.5 Å². The number of amides is 2. The average molecular weight is 445 g/mol. The van der Waals surface area contributed by atoms with E-state index in [4.69, 9.17) is 11.6 Å². The Bertz CT molecular complexity index is 1250. The normalized spacial score (nSPS) is 19.7. The zero-order valence-electron chi connectivity index (χ0n) is 15.5. The maximum absolute atomic E-state index is 13.6. The van der Waals surface area contributed by atoms with Crippen molar-refractivity contribution in [2.75, 3.05) is 15.5 Å². The monoisotopic (exact) mass is 444 g/mol. The van der Waals surface area contributed by atoms with Gasteiger partial charge in [-0.05, 0) is 30.3 Å². The molecule has 1 aromatic heterocycles. The van der Waals surface area contributed by atoms with E-state index >= 15 is 0 Å². The number of benzene rings is 2. The topological polar surface area (TPSA) is 74.3 Å². The van der Waals surface area contributed by atoms with Gasteiger partial charge in [0.05, 0.1) is 21.8 Å². The summed E-state index contributed by atoms with van der Waals surface area (Å²) in [7, 11) is 0. The number of fused-ring (bicyclic) bond motifs is 3. The highest BCUT2D eigenvalue weighted by atomic mass is 35.5. The molecule has 2 aliphatic rings. The van der Waals surface area contributed by atoms with Gasteiger partial charge in [-0.25, -0.2) is 4.98 Å². The Kier molecular flexibility index (Phi) is 4.03. The van der Waals surface area contributed by atoms with E-state index in [-0.39, 0.29) is 16.9 Å². The first kappa shape index (κ1) is 19.4. The molecule has 3 aromatic rings. The van der Waals surface area contributed by atoms with Crippen LogP contribution in [0.5, 0.6) is 0 Å². The number of nitrogens with zero attached hydrogens (tertiary/aromatic N) is 2. The predicted octanol–water partition coefficient (Wildman–Crippen LogP) is 4.63. The Morgan fingerprint density at radius 3 is 2.48 bits per heavy atom. The van der Waals surface area contributed by atoms with Crippen molar-refractivity contribution in [3.05, 3.63) is 82.5 Å². The van der Waals surface area contributed by atoms with Gasteiger partial charge in [-0.1, -0.05) is 35.9 Å². The van der Waals surface area contributed by atoms with Crippen LogP contribution in [0.2, 0.25) is 5.02 Å². The van der Waals surface area contributed by atoms with Crippen LogP contribution in [-0.2, 0) is 16.6 Å². The van der Waals surface area contributed by atoms with Crippen LogP contribution in [0, 0.1) is 0 Å². The number of rotatable bonds is 1. The Morgan fingerprint density at radius 1 is 1.00 bits per heavy atom. The number of nitrogens with one attached hydrogen (secondary N) is 2. The van der Waals surface area contributed by atoms with Crippen molar-refractivity contribution >= 4 is 40.6 Å². The van der Waals surface area contributed by atoms with Gasteiger partial charge in [-0.15, -0.1) is 0 Å². The van der Waals surface area contributed by atoms with Gasteiger partial charge < -0.3 is 10.6 Å². The minimum Gasteiger partial charge on any atom is -0.350 e. The summed E-state index contributed by atoms with van der Waals surface area (Å²) in [5.74, 6) is -1.37. The van der Waals surface area contributed by atoms with Gasteiger partial charge in [-0.3, -0.25) is 14.5 Å². The van der Waals surface area contributed by atoms with Crippen LogP contribution in [0.15, 0.2) is 60.8 Å². The molecular weight excluding hydrogens is 433 g/mol. The van der Waals surface area contributed by atoms with Gasteiger partial charge in [0.15, 0.2) is 0 Å². The number of carbonyl (C=O) groups is 2. The maximum atomic E-state index is 13.6. The number of alkyl halides is 3. The third-order valence-corrected chi connectivity index (χ3v) is 5.50. The van der Waals surface area contributed by atoms with E-state index in [2.05, 4.69) is 15.6 Å². The molecule has 156 valence electrons. The molecule has 6 nitrogen and oxygen atoms in total. The van der Waals surface area contributed by atoms with Gasteiger partial charge in [0.25, 0.3) is 11.8 Å². The van der Waals surface area contributed by atoms with Crippen molar-refractivity contribution in [1.82, 2.24) is 4.98 Å². The Balaban J connectivity index is 1.82. The van der Waals surface area contributed by atoms with E-state index in [9.17, 15) is 22.8 Å². The lowest BCUT2D eigenvalue weighted by Gasteiger charge is -2.43. The minimum atomic E-state index is -4.70. The maximum Gasteiger partial charge on any atom is 0.418 e. The summed E-state index contributed by atoms with van der Waals surface area (Å²) in [5, 5.41) is 5.63. The lowest BCUT2D eigenvalue weighted by atomic mass is 9.91. The fourth-order valence-electron chi connectivity index (χ4n) is 3.98. The van der Waals surface area contributed by atoms with E-state index in [0.29, 0.717) is 10.7 Å². The Morgan fingerprint density at radius 2 is 1.77 bits per heavy atom. The summed E-state index contributed by atoms with van der Waals surface area (Å²) in [6, 6.07) is 12.8. The fourth-order valence-corrected chi connectivity index (χ4v) is 4.09. The second-order valence-electron chi connectivity index (χ2n) is 7.04. The molecule has 1 spiro atoms. The number of aromatic nitrogens is 1. The third-order valence-electron chi connectivity index (χ3n) is 5.28. The van der Waals surface area contributed by atoms with Crippen molar-refractivity contribution in [1.29, 1.82) is 0 Å². The molecule has 2 aromatic carbocycles. The number of halogens is 4. The van der Waals surface area contributed by atoms with Gasteiger partial charge in [0, 0.05) is 17.4 Å². The third kappa shape index (κ3) is 2.70. The number of para-hydroxylation sites is 2. The fraction of sp³-hybridized carbons (Fsp3) is 0.0952. The molecule has 2 aliphatic heterocycles. The molecule has 0 saturated heterocycles. The van der Waals surface area contributed by atoms with Crippen LogP contribution in [0.4, 0.5) is 30.4 Å². The molecule has 0 aliphatic carbocycles. The van der Waals surface area contributed by atoms with Crippen LogP contribution in [0.3, 0.4) is 0 Å². The average Bonchev–Trinajstić information content (AvgIpc) is 3.00. The molecule has 1 atom stereocenters. The molecule has 2 N–H and O–H groups in total. The van der Waals surface area contributed by atoms with Crippen LogP contribution in [-0.4, -0.2) is 16.8 Å². The van der Waals surface area contributed by atoms with Crippen LogP contribution in [0.25, 0.3) is 0 Å². The van der Waals surface area contributed by atoms with E-state index in [1.807, 2.05) is 0 Å². The molecular formula is C21H12ClF3N4O2. The number of anilines is 3. The Hall–Kier alpha value is -3.59. The van der Waals surface area contributed by atoms with E-state index in [0.717, 1.165) is 11.0 Å². The molecule has 2 amide bonds. The molecule has 5 rings (SSSR count). The first-order valence-electron chi connectivity index (χ1n) is 9.09.